The lowest BCUT2D eigenvalue weighted by atomic mass is 10.1. The van der Waals surface area contributed by atoms with Gasteiger partial charge in [0.05, 0.1) is 0 Å². The van der Waals surface area contributed by atoms with Crippen LogP contribution in [0.5, 0.6) is 0 Å². The van der Waals surface area contributed by atoms with E-state index in [2.05, 4.69) is 78.9 Å². The summed E-state index contributed by atoms with van der Waals surface area (Å²) >= 11 is 3.47. The summed E-state index contributed by atoms with van der Waals surface area (Å²) in [6.45, 7) is 0.818. The molecule has 0 amide bonds. The first-order chi connectivity index (χ1) is 10.6. The molecule has 0 spiro atoms. The third-order valence-corrected chi connectivity index (χ3v) is 4.15. The first-order valence-electron chi connectivity index (χ1n) is 7.17. The molecule has 112 valence electrons. The Morgan fingerprint density at radius 2 is 1.68 bits per heavy atom. The molecule has 3 rings (SSSR count). The van der Waals surface area contributed by atoms with Gasteiger partial charge in [0.15, 0.2) is 0 Å². The van der Waals surface area contributed by atoms with Gasteiger partial charge in [-0.2, -0.15) is 0 Å². The monoisotopic (exact) mass is 355 g/mol. The maximum Gasteiger partial charge on any atom is 0.140 e. The first kappa shape index (κ1) is 14.9. The van der Waals surface area contributed by atoms with Gasteiger partial charge < -0.3 is 9.47 Å². The van der Waals surface area contributed by atoms with Crippen LogP contribution in [0.3, 0.4) is 0 Å². The summed E-state index contributed by atoms with van der Waals surface area (Å²) in [6.07, 6.45) is 3.88. The number of rotatable bonds is 4. The van der Waals surface area contributed by atoms with Crippen LogP contribution in [0.25, 0.3) is 11.4 Å². The standard InChI is InChI=1S/C18H18BrN3/c1-21(2)17-9-5-15(6-10-17)18-20-11-12-22(18)13-14-3-7-16(19)8-4-14/h3-12H,13H2,1-2H3. The van der Waals surface area contributed by atoms with Crippen LogP contribution in [-0.4, -0.2) is 23.6 Å². The minimum atomic E-state index is 0.818. The molecule has 0 aliphatic heterocycles. The Bertz CT molecular complexity index is 743. The Hall–Kier alpha value is -2.07. The van der Waals surface area contributed by atoms with Crippen molar-refractivity contribution in [3.63, 3.8) is 0 Å². The van der Waals surface area contributed by atoms with Crippen LogP contribution in [0.2, 0.25) is 0 Å². The van der Waals surface area contributed by atoms with E-state index in [1.807, 2.05) is 26.5 Å². The first-order valence-corrected chi connectivity index (χ1v) is 7.96. The second-order valence-electron chi connectivity index (χ2n) is 5.45. The third kappa shape index (κ3) is 3.22. The SMILES string of the molecule is CN(C)c1ccc(-c2nccn2Cc2ccc(Br)cc2)cc1. The molecule has 1 heterocycles. The van der Waals surface area contributed by atoms with E-state index in [0.717, 1.165) is 22.4 Å². The fraction of sp³-hybridized carbons (Fsp3) is 0.167. The molecule has 2 aromatic carbocycles. The number of imidazole rings is 1. The lowest BCUT2D eigenvalue weighted by Crippen LogP contribution is -2.08. The molecule has 0 radical (unpaired) electrons. The highest BCUT2D eigenvalue weighted by Crippen LogP contribution is 2.22. The van der Waals surface area contributed by atoms with E-state index in [-0.39, 0.29) is 0 Å². The minimum absolute atomic E-state index is 0.818. The zero-order valence-electron chi connectivity index (χ0n) is 12.7. The molecule has 0 bridgehead atoms. The molecule has 4 heteroatoms. The van der Waals surface area contributed by atoms with Gasteiger partial charge in [-0.15, -0.1) is 0 Å². The molecule has 0 unspecified atom stereocenters. The fourth-order valence-electron chi connectivity index (χ4n) is 2.39. The van der Waals surface area contributed by atoms with Gasteiger partial charge in [-0.1, -0.05) is 28.1 Å². The van der Waals surface area contributed by atoms with Crippen molar-refractivity contribution in [2.75, 3.05) is 19.0 Å². The molecule has 0 N–H and O–H groups in total. The molecule has 3 nitrogen and oxygen atoms in total. The van der Waals surface area contributed by atoms with Crippen molar-refractivity contribution < 1.29 is 0 Å². The largest absolute Gasteiger partial charge is 0.378 e. The topological polar surface area (TPSA) is 21.1 Å². The molecule has 3 aromatic rings. The lowest BCUT2D eigenvalue weighted by Gasteiger charge is -2.13. The van der Waals surface area contributed by atoms with Crippen molar-refractivity contribution in [3.8, 4) is 11.4 Å². The summed E-state index contributed by atoms with van der Waals surface area (Å²) in [5.41, 5.74) is 3.58. The molecular weight excluding hydrogens is 338 g/mol. The van der Waals surface area contributed by atoms with E-state index >= 15 is 0 Å². The summed E-state index contributed by atoms with van der Waals surface area (Å²) in [5.74, 6) is 0.994. The van der Waals surface area contributed by atoms with Crippen molar-refractivity contribution in [2.24, 2.45) is 0 Å². The maximum atomic E-state index is 4.51. The summed E-state index contributed by atoms with van der Waals surface area (Å²) in [4.78, 5) is 6.61. The van der Waals surface area contributed by atoms with E-state index in [4.69, 9.17) is 0 Å². The smallest absolute Gasteiger partial charge is 0.140 e. The quantitative estimate of drug-likeness (QED) is 0.690. The number of aromatic nitrogens is 2. The van der Waals surface area contributed by atoms with Crippen molar-refractivity contribution in [2.45, 2.75) is 6.54 Å². The van der Waals surface area contributed by atoms with Gasteiger partial charge >= 0.3 is 0 Å². The predicted molar refractivity (Wildman–Crippen MR) is 95.2 cm³/mol. The van der Waals surface area contributed by atoms with Crippen LogP contribution in [0.1, 0.15) is 5.56 Å². The van der Waals surface area contributed by atoms with Crippen molar-refractivity contribution in [1.82, 2.24) is 9.55 Å². The summed E-state index contributed by atoms with van der Waals surface area (Å²) in [5, 5.41) is 0. The Kier molecular flexibility index (Phi) is 4.29. The number of hydrogen-bond acceptors (Lipinski definition) is 2. The molecule has 0 aliphatic rings. The minimum Gasteiger partial charge on any atom is -0.378 e. The molecule has 0 saturated heterocycles. The average Bonchev–Trinajstić information content (AvgIpc) is 2.98. The molecular formula is C18H18BrN3. The van der Waals surface area contributed by atoms with Crippen molar-refractivity contribution in [1.29, 1.82) is 0 Å². The fourth-order valence-corrected chi connectivity index (χ4v) is 2.66. The predicted octanol–water partition coefficient (Wildman–Crippen LogP) is 4.43. The van der Waals surface area contributed by atoms with Gasteiger partial charge in [-0.25, -0.2) is 4.98 Å². The van der Waals surface area contributed by atoms with E-state index in [0.29, 0.717) is 0 Å². The number of benzene rings is 2. The molecule has 0 atom stereocenters. The maximum absolute atomic E-state index is 4.51. The van der Waals surface area contributed by atoms with Crippen LogP contribution in [0.4, 0.5) is 5.69 Å². The Labute approximate surface area is 139 Å². The highest BCUT2D eigenvalue weighted by molar-refractivity contribution is 9.10. The zero-order valence-corrected chi connectivity index (χ0v) is 14.3. The molecule has 1 aromatic heterocycles. The van der Waals surface area contributed by atoms with Gasteiger partial charge in [0.2, 0.25) is 0 Å². The summed E-state index contributed by atoms with van der Waals surface area (Å²) < 4.78 is 3.27. The molecule has 0 aliphatic carbocycles. The zero-order chi connectivity index (χ0) is 15.5. The van der Waals surface area contributed by atoms with Crippen molar-refractivity contribution >= 4 is 21.6 Å². The van der Waals surface area contributed by atoms with E-state index in [1.165, 1.54) is 11.3 Å². The van der Waals surface area contributed by atoms with Crippen LogP contribution in [0.15, 0.2) is 65.4 Å². The van der Waals surface area contributed by atoms with Gasteiger partial charge in [0.25, 0.3) is 0 Å². The third-order valence-electron chi connectivity index (χ3n) is 3.62. The van der Waals surface area contributed by atoms with Crippen LogP contribution < -0.4 is 4.90 Å². The number of anilines is 1. The second kappa shape index (κ2) is 6.36. The molecule has 0 fully saturated rings. The van der Waals surface area contributed by atoms with Gasteiger partial charge in [0, 0.05) is 48.8 Å². The Morgan fingerprint density at radius 3 is 2.32 bits per heavy atom. The molecule has 22 heavy (non-hydrogen) atoms. The van der Waals surface area contributed by atoms with Crippen LogP contribution in [-0.2, 0) is 6.54 Å². The normalized spacial score (nSPS) is 10.7. The second-order valence-corrected chi connectivity index (χ2v) is 6.36. The van der Waals surface area contributed by atoms with Gasteiger partial charge in [-0.05, 0) is 42.0 Å². The number of nitrogens with zero attached hydrogens (tertiary/aromatic N) is 3. The van der Waals surface area contributed by atoms with E-state index < -0.39 is 0 Å². The average molecular weight is 356 g/mol. The van der Waals surface area contributed by atoms with Gasteiger partial charge in [0.1, 0.15) is 5.82 Å². The molecule has 0 saturated carbocycles. The van der Waals surface area contributed by atoms with E-state index in [1.54, 1.807) is 0 Å². The van der Waals surface area contributed by atoms with Crippen LogP contribution >= 0.6 is 15.9 Å². The highest BCUT2D eigenvalue weighted by atomic mass is 79.9. The Morgan fingerprint density at radius 1 is 1.00 bits per heavy atom. The lowest BCUT2D eigenvalue weighted by molar-refractivity contribution is 0.807. The summed E-state index contributed by atoms with van der Waals surface area (Å²) in [7, 11) is 4.09. The van der Waals surface area contributed by atoms with E-state index in [9.17, 15) is 0 Å². The van der Waals surface area contributed by atoms with Crippen molar-refractivity contribution in [3.05, 3.63) is 71.0 Å². The van der Waals surface area contributed by atoms with Gasteiger partial charge in [-0.3, -0.25) is 0 Å². The summed E-state index contributed by atoms with van der Waals surface area (Å²) in [6, 6.07) is 16.9. The number of hydrogen-bond donors (Lipinski definition) is 0. The highest BCUT2D eigenvalue weighted by Gasteiger charge is 2.07. The Balaban J connectivity index is 1.86. The van der Waals surface area contributed by atoms with Crippen LogP contribution in [0, 0.1) is 0 Å². The number of halogens is 1.